The Hall–Kier alpha value is -1.48. The number of alkyl halides is 2. The van der Waals surface area contributed by atoms with Crippen molar-refractivity contribution in [2.75, 3.05) is 7.11 Å². The standard InChI is InChI=1S/C7H8F2N2O4S/c1-15-5-3(6(8)9)2-11-7(4(5)12)16(10,13)14/h2,6,12H,1H3,(H2,10,13,14). The maximum absolute atomic E-state index is 12.4. The molecule has 0 radical (unpaired) electrons. The van der Waals surface area contributed by atoms with Gasteiger partial charge in [-0.25, -0.2) is 27.3 Å². The van der Waals surface area contributed by atoms with Crippen LogP contribution in [0.4, 0.5) is 8.78 Å². The van der Waals surface area contributed by atoms with Crippen molar-refractivity contribution in [1.82, 2.24) is 4.98 Å². The van der Waals surface area contributed by atoms with Gasteiger partial charge in [-0.05, 0) is 0 Å². The Balaban J connectivity index is 3.53. The van der Waals surface area contributed by atoms with Gasteiger partial charge in [-0.1, -0.05) is 0 Å². The lowest BCUT2D eigenvalue weighted by atomic mass is 10.2. The van der Waals surface area contributed by atoms with E-state index in [0.29, 0.717) is 6.20 Å². The second kappa shape index (κ2) is 4.18. The molecule has 9 heteroatoms. The van der Waals surface area contributed by atoms with Crippen LogP contribution in [-0.2, 0) is 10.0 Å². The first-order valence-corrected chi connectivity index (χ1v) is 5.40. The topological polar surface area (TPSA) is 103 Å². The number of ether oxygens (including phenoxy) is 1. The Kier molecular flexibility index (Phi) is 3.29. The van der Waals surface area contributed by atoms with Crippen molar-refractivity contribution in [2.24, 2.45) is 5.14 Å². The smallest absolute Gasteiger partial charge is 0.269 e. The molecule has 0 saturated heterocycles. The van der Waals surface area contributed by atoms with Gasteiger partial charge < -0.3 is 9.84 Å². The molecule has 1 aromatic heterocycles. The number of nitrogens with two attached hydrogens (primary N) is 1. The SMILES string of the molecule is COc1c(C(F)F)cnc(S(N)(=O)=O)c1O. The van der Waals surface area contributed by atoms with E-state index in [-0.39, 0.29) is 0 Å². The highest BCUT2D eigenvalue weighted by atomic mass is 32.2. The van der Waals surface area contributed by atoms with E-state index in [1.807, 2.05) is 0 Å². The number of pyridine rings is 1. The number of aromatic nitrogens is 1. The van der Waals surface area contributed by atoms with E-state index < -0.39 is 38.5 Å². The number of methoxy groups -OCH3 is 1. The number of sulfonamides is 1. The fourth-order valence-electron chi connectivity index (χ4n) is 1.06. The molecule has 0 fully saturated rings. The zero-order valence-electron chi connectivity index (χ0n) is 8.02. The van der Waals surface area contributed by atoms with E-state index in [2.05, 4.69) is 9.72 Å². The minimum atomic E-state index is -4.29. The van der Waals surface area contributed by atoms with E-state index in [4.69, 9.17) is 5.14 Å². The summed E-state index contributed by atoms with van der Waals surface area (Å²) in [5.74, 6) is -1.68. The largest absolute Gasteiger partial charge is 0.502 e. The number of hydrogen-bond donors (Lipinski definition) is 2. The summed E-state index contributed by atoms with van der Waals surface area (Å²) in [6.07, 6.45) is -2.37. The molecular weight excluding hydrogens is 246 g/mol. The molecule has 1 heterocycles. The van der Waals surface area contributed by atoms with Gasteiger partial charge in [-0.15, -0.1) is 0 Å². The summed E-state index contributed by atoms with van der Waals surface area (Å²) in [5.41, 5.74) is -0.715. The summed E-state index contributed by atoms with van der Waals surface area (Å²) in [7, 11) is -3.29. The second-order valence-electron chi connectivity index (χ2n) is 2.75. The molecule has 0 amide bonds. The average molecular weight is 254 g/mol. The second-order valence-corrected chi connectivity index (χ2v) is 4.22. The Bertz CT molecular complexity index is 503. The number of halogens is 2. The van der Waals surface area contributed by atoms with Crippen molar-refractivity contribution in [3.63, 3.8) is 0 Å². The van der Waals surface area contributed by atoms with Crippen LogP contribution in [-0.4, -0.2) is 25.6 Å². The highest BCUT2D eigenvalue weighted by Crippen LogP contribution is 2.38. The highest BCUT2D eigenvalue weighted by molar-refractivity contribution is 7.89. The van der Waals surface area contributed by atoms with Crippen molar-refractivity contribution >= 4 is 10.0 Å². The number of nitrogens with zero attached hydrogens (tertiary/aromatic N) is 1. The summed E-state index contributed by atoms with van der Waals surface area (Å²) in [6.45, 7) is 0. The molecule has 6 nitrogen and oxygen atoms in total. The van der Waals surface area contributed by atoms with Gasteiger partial charge in [-0.3, -0.25) is 0 Å². The van der Waals surface area contributed by atoms with Crippen molar-refractivity contribution in [2.45, 2.75) is 11.5 Å². The van der Waals surface area contributed by atoms with Crippen LogP contribution in [0.2, 0.25) is 0 Å². The summed E-state index contributed by atoms with van der Waals surface area (Å²) < 4.78 is 51.1. The molecule has 90 valence electrons. The third-order valence-electron chi connectivity index (χ3n) is 1.71. The molecule has 0 aliphatic heterocycles. The summed E-state index contributed by atoms with van der Waals surface area (Å²) in [5, 5.41) is 13.2. The average Bonchev–Trinajstić information content (AvgIpc) is 2.14. The van der Waals surface area contributed by atoms with Gasteiger partial charge in [0.25, 0.3) is 16.4 Å². The molecule has 0 spiro atoms. The number of hydrogen-bond acceptors (Lipinski definition) is 5. The molecule has 0 bridgehead atoms. The van der Waals surface area contributed by atoms with Crippen LogP contribution in [0.15, 0.2) is 11.2 Å². The first-order chi connectivity index (χ1) is 7.29. The Labute approximate surface area is 89.7 Å². The van der Waals surface area contributed by atoms with Crippen LogP contribution < -0.4 is 9.88 Å². The first kappa shape index (κ1) is 12.6. The lowest BCUT2D eigenvalue weighted by Crippen LogP contribution is -2.15. The normalized spacial score (nSPS) is 11.8. The molecular formula is C7H8F2N2O4S. The van der Waals surface area contributed by atoms with E-state index >= 15 is 0 Å². The molecule has 1 rings (SSSR count). The van der Waals surface area contributed by atoms with Crippen LogP contribution in [0.3, 0.4) is 0 Å². The number of primary sulfonamides is 1. The van der Waals surface area contributed by atoms with E-state index in [0.717, 1.165) is 7.11 Å². The van der Waals surface area contributed by atoms with Crippen LogP contribution in [0, 0.1) is 0 Å². The van der Waals surface area contributed by atoms with Crippen molar-refractivity contribution < 1.29 is 27.0 Å². The molecule has 0 aliphatic carbocycles. The van der Waals surface area contributed by atoms with Crippen molar-refractivity contribution in [3.05, 3.63) is 11.8 Å². The monoisotopic (exact) mass is 254 g/mol. The summed E-state index contributed by atoms with van der Waals surface area (Å²) >= 11 is 0. The Morgan fingerprint density at radius 3 is 2.50 bits per heavy atom. The van der Waals surface area contributed by atoms with Crippen LogP contribution in [0.5, 0.6) is 11.5 Å². The fourth-order valence-corrected chi connectivity index (χ4v) is 1.62. The quantitative estimate of drug-likeness (QED) is 0.811. The Morgan fingerprint density at radius 2 is 2.12 bits per heavy atom. The minimum Gasteiger partial charge on any atom is -0.502 e. The summed E-state index contributed by atoms with van der Waals surface area (Å²) in [4.78, 5) is 3.16. The van der Waals surface area contributed by atoms with Gasteiger partial charge in [0.05, 0.1) is 12.7 Å². The highest BCUT2D eigenvalue weighted by Gasteiger charge is 2.25. The van der Waals surface area contributed by atoms with Gasteiger partial charge in [-0.2, -0.15) is 0 Å². The van der Waals surface area contributed by atoms with E-state index in [1.165, 1.54) is 0 Å². The predicted octanol–water partition coefficient (Wildman–Crippen LogP) is 0.381. The van der Waals surface area contributed by atoms with Crippen LogP contribution in [0.25, 0.3) is 0 Å². The number of aromatic hydroxyl groups is 1. The zero-order valence-corrected chi connectivity index (χ0v) is 8.83. The molecule has 3 N–H and O–H groups in total. The van der Waals surface area contributed by atoms with Gasteiger partial charge in [0.1, 0.15) is 0 Å². The molecule has 0 aliphatic rings. The van der Waals surface area contributed by atoms with Gasteiger partial charge >= 0.3 is 0 Å². The van der Waals surface area contributed by atoms with Gasteiger partial charge in [0, 0.05) is 6.20 Å². The maximum atomic E-state index is 12.4. The van der Waals surface area contributed by atoms with Crippen molar-refractivity contribution in [3.8, 4) is 11.5 Å². The third-order valence-corrected chi connectivity index (χ3v) is 2.55. The number of rotatable bonds is 3. The molecule has 16 heavy (non-hydrogen) atoms. The summed E-state index contributed by atoms with van der Waals surface area (Å²) in [6, 6.07) is 0. The predicted molar refractivity (Wildman–Crippen MR) is 48.8 cm³/mol. The zero-order chi connectivity index (χ0) is 12.5. The maximum Gasteiger partial charge on any atom is 0.269 e. The lowest BCUT2D eigenvalue weighted by molar-refractivity contribution is 0.145. The third kappa shape index (κ3) is 2.19. The van der Waals surface area contributed by atoms with E-state index in [9.17, 15) is 22.3 Å². The van der Waals surface area contributed by atoms with Crippen LogP contribution >= 0.6 is 0 Å². The first-order valence-electron chi connectivity index (χ1n) is 3.85. The molecule has 0 unspecified atom stereocenters. The van der Waals surface area contributed by atoms with E-state index in [1.54, 1.807) is 0 Å². The fraction of sp³-hybridized carbons (Fsp3) is 0.286. The van der Waals surface area contributed by atoms with Gasteiger partial charge in [0.15, 0.2) is 11.5 Å². The van der Waals surface area contributed by atoms with Crippen LogP contribution in [0.1, 0.15) is 12.0 Å². The molecule has 1 aromatic rings. The molecule has 0 aromatic carbocycles. The Morgan fingerprint density at radius 1 is 1.56 bits per heavy atom. The molecule has 0 saturated carbocycles. The van der Waals surface area contributed by atoms with Crippen molar-refractivity contribution in [1.29, 1.82) is 0 Å². The molecule has 0 atom stereocenters. The minimum absolute atomic E-state index is 0.586. The van der Waals surface area contributed by atoms with Gasteiger partial charge in [0.2, 0.25) is 5.03 Å². The lowest BCUT2D eigenvalue weighted by Gasteiger charge is -2.10.